The lowest BCUT2D eigenvalue weighted by Gasteiger charge is -2.11. The highest BCUT2D eigenvalue weighted by Crippen LogP contribution is 2.32. The summed E-state index contributed by atoms with van der Waals surface area (Å²) in [4.78, 5) is 14.1. The minimum atomic E-state index is -0.375. The molecule has 0 spiro atoms. The Morgan fingerprint density at radius 1 is 1.21 bits per heavy atom. The van der Waals surface area contributed by atoms with Gasteiger partial charge in [-0.1, -0.05) is 0 Å². The number of anilines is 1. The third-order valence-electron chi connectivity index (χ3n) is 4.63. The smallest absolute Gasteiger partial charge is 0.261 e. The Labute approximate surface area is 170 Å². The highest BCUT2D eigenvalue weighted by atomic mass is 32.1. The molecule has 0 atom stereocenters. The first-order valence-electron chi connectivity index (χ1n) is 8.78. The first-order valence-corrected chi connectivity index (χ1v) is 9.60. The summed E-state index contributed by atoms with van der Waals surface area (Å²) in [6.07, 6.45) is 5.06. The molecule has 4 rings (SSSR count). The van der Waals surface area contributed by atoms with Crippen molar-refractivity contribution in [1.82, 2.24) is 14.3 Å². The van der Waals surface area contributed by atoms with E-state index in [0.29, 0.717) is 27.6 Å². The molecule has 0 saturated heterocycles. The first-order chi connectivity index (χ1) is 14.0. The standard InChI is InChI=1S/C21H16FN5OS/c1-13-14(2)29-20(17(13)11-23)25-19(28)18-12-24-27(16-7-5-15(22)6-8-16)21(18)26-9-3-4-10-26/h3-10,12H,1-2H3,(H,25,28). The lowest BCUT2D eigenvalue weighted by atomic mass is 10.2. The number of hydrogen-bond acceptors (Lipinski definition) is 4. The second-order valence-corrected chi connectivity index (χ2v) is 7.64. The summed E-state index contributed by atoms with van der Waals surface area (Å²) >= 11 is 1.37. The Bertz CT molecular complexity index is 1230. The fraction of sp³-hybridized carbons (Fsp3) is 0.0952. The van der Waals surface area contributed by atoms with Crippen LogP contribution in [0.1, 0.15) is 26.4 Å². The Morgan fingerprint density at radius 2 is 1.90 bits per heavy atom. The molecule has 0 unspecified atom stereocenters. The maximum atomic E-state index is 13.3. The van der Waals surface area contributed by atoms with Crippen LogP contribution in [0.15, 0.2) is 55.0 Å². The minimum Gasteiger partial charge on any atom is -0.312 e. The second kappa shape index (κ2) is 7.37. The lowest BCUT2D eigenvalue weighted by Crippen LogP contribution is -2.15. The van der Waals surface area contributed by atoms with Crippen LogP contribution < -0.4 is 5.32 Å². The number of nitriles is 1. The largest absolute Gasteiger partial charge is 0.312 e. The van der Waals surface area contributed by atoms with Gasteiger partial charge >= 0.3 is 0 Å². The molecule has 1 N–H and O–H groups in total. The number of carbonyl (C=O) groups is 1. The number of amides is 1. The van der Waals surface area contributed by atoms with E-state index in [2.05, 4.69) is 16.5 Å². The zero-order chi connectivity index (χ0) is 20.5. The maximum absolute atomic E-state index is 13.3. The molecule has 0 aliphatic rings. The zero-order valence-corrected chi connectivity index (χ0v) is 16.5. The number of nitrogens with zero attached hydrogens (tertiary/aromatic N) is 4. The predicted molar refractivity (Wildman–Crippen MR) is 109 cm³/mol. The Morgan fingerprint density at radius 3 is 2.55 bits per heavy atom. The third-order valence-corrected chi connectivity index (χ3v) is 5.76. The molecule has 0 radical (unpaired) electrons. The number of benzene rings is 1. The molecule has 0 aliphatic heterocycles. The van der Waals surface area contributed by atoms with E-state index in [1.54, 1.807) is 33.8 Å². The van der Waals surface area contributed by atoms with Crippen LogP contribution in [-0.4, -0.2) is 20.3 Å². The summed E-state index contributed by atoms with van der Waals surface area (Å²) in [7, 11) is 0. The quantitative estimate of drug-likeness (QED) is 0.539. The summed E-state index contributed by atoms with van der Waals surface area (Å²) in [5, 5.41) is 17.1. The van der Waals surface area contributed by atoms with Crippen LogP contribution in [0.2, 0.25) is 0 Å². The van der Waals surface area contributed by atoms with E-state index < -0.39 is 0 Å². The van der Waals surface area contributed by atoms with Gasteiger partial charge in [0.1, 0.15) is 22.5 Å². The topological polar surface area (TPSA) is 75.6 Å². The molecule has 3 aromatic heterocycles. The first kappa shape index (κ1) is 18.7. The molecule has 0 saturated carbocycles. The lowest BCUT2D eigenvalue weighted by molar-refractivity contribution is 0.102. The molecule has 1 amide bonds. The van der Waals surface area contributed by atoms with Crippen LogP contribution in [-0.2, 0) is 0 Å². The summed E-state index contributed by atoms with van der Waals surface area (Å²) in [6, 6.07) is 11.7. The fourth-order valence-corrected chi connectivity index (χ4v) is 4.02. The average Bonchev–Trinajstić information content (AvgIpc) is 3.42. The van der Waals surface area contributed by atoms with Gasteiger partial charge in [-0.05, 0) is 55.8 Å². The van der Waals surface area contributed by atoms with Crippen molar-refractivity contribution in [2.45, 2.75) is 13.8 Å². The van der Waals surface area contributed by atoms with Gasteiger partial charge < -0.3 is 9.88 Å². The van der Waals surface area contributed by atoms with Crippen LogP contribution in [0, 0.1) is 31.0 Å². The van der Waals surface area contributed by atoms with Crippen LogP contribution in [0.4, 0.5) is 9.39 Å². The van der Waals surface area contributed by atoms with Gasteiger partial charge in [-0.15, -0.1) is 11.3 Å². The molecule has 0 aliphatic carbocycles. The molecule has 1 aromatic carbocycles. The third kappa shape index (κ3) is 3.32. The predicted octanol–water partition coefficient (Wildman–Crippen LogP) is 4.60. The SMILES string of the molecule is Cc1sc(NC(=O)c2cnn(-c3ccc(F)cc3)c2-n2cccc2)c(C#N)c1C. The highest BCUT2D eigenvalue weighted by molar-refractivity contribution is 7.16. The second-order valence-electron chi connectivity index (χ2n) is 6.41. The van der Waals surface area contributed by atoms with Gasteiger partial charge in [0.15, 0.2) is 5.82 Å². The molecular weight excluding hydrogens is 389 g/mol. The van der Waals surface area contributed by atoms with Crippen molar-refractivity contribution in [3.63, 3.8) is 0 Å². The van der Waals surface area contributed by atoms with Crippen molar-refractivity contribution in [2.24, 2.45) is 0 Å². The van der Waals surface area contributed by atoms with Gasteiger partial charge in [0.2, 0.25) is 0 Å². The van der Waals surface area contributed by atoms with E-state index in [-0.39, 0.29) is 11.7 Å². The van der Waals surface area contributed by atoms with Crippen molar-refractivity contribution in [3.8, 4) is 17.6 Å². The summed E-state index contributed by atoms with van der Waals surface area (Å²) < 4.78 is 16.7. The Hall–Kier alpha value is -3.70. The number of thiophene rings is 1. The fourth-order valence-electron chi connectivity index (χ4n) is 3.02. The van der Waals surface area contributed by atoms with Crippen molar-refractivity contribution in [1.29, 1.82) is 5.26 Å². The Kier molecular flexibility index (Phi) is 4.74. The van der Waals surface area contributed by atoms with Gasteiger partial charge in [-0.3, -0.25) is 4.79 Å². The van der Waals surface area contributed by atoms with Gasteiger partial charge in [-0.25, -0.2) is 9.07 Å². The van der Waals surface area contributed by atoms with Gasteiger partial charge in [0, 0.05) is 17.3 Å². The summed E-state index contributed by atoms with van der Waals surface area (Å²) in [5.41, 5.74) is 2.28. The monoisotopic (exact) mass is 405 g/mol. The normalized spacial score (nSPS) is 10.7. The summed E-state index contributed by atoms with van der Waals surface area (Å²) in [6.45, 7) is 3.77. The molecule has 0 bridgehead atoms. The molecule has 4 aromatic rings. The van der Waals surface area contributed by atoms with Gasteiger partial charge in [0.05, 0.1) is 17.4 Å². The number of nitrogens with one attached hydrogen (secondary N) is 1. The average molecular weight is 405 g/mol. The Balaban J connectivity index is 1.78. The maximum Gasteiger partial charge on any atom is 0.261 e. The minimum absolute atomic E-state index is 0.332. The number of halogens is 1. The number of aromatic nitrogens is 3. The van der Waals surface area contributed by atoms with E-state index >= 15 is 0 Å². The molecule has 3 heterocycles. The zero-order valence-electron chi connectivity index (χ0n) is 15.7. The summed E-state index contributed by atoms with van der Waals surface area (Å²) in [5.74, 6) is -0.212. The number of rotatable bonds is 4. The van der Waals surface area contributed by atoms with E-state index in [4.69, 9.17) is 0 Å². The van der Waals surface area contributed by atoms with Gasteiger partial charge in [-0.2, -0.15) is 10.4 Å². The van der Waals surface area contributed by atoms with E-state index in [0.717, 1.165) is 10.4 Å². The highest BCUT2D eigenvalue weighted by Gasteiger charge is 2.22. The number of carbonyl (C=O) groups excluding carboxylic acids is 1. The molecule has 6 nitrogen and oxygen atoms in total. The molecule has 0 fully saturated rings. The molecule has 8 heteroatoms. The van der Waals surface area contributed by atoms with Crippen LogP contribution in [0.25, 0.3) is 11.5 Å². The van der Waals surface area contributed by atoms with Crippen molar-refractivity contribution in [3.05, 3.63) is 82.4 Å². The molecular formula is C21H16FN5OS. The number of aryl methyl sites for hydroxylation is 1. The van der Waals surface area contributed by atoms with Crippen LogP contribution in [0.3, 0.4) is 0 Å². The van der Waals surface area contributed by atoms with Gasteiger partial charge in [0.25, 0.3) is 5.91 Å². The van der Waals surface area contributed by atoms with Crippen molar-refractivity contribution < 1.29 is 9.18 Å². The van der Waals surface area contributed by atoms with E-state index in [1.807, 2.05) is 26.0 Å². The van der Waals surface area contributed by atoms with Crippen molar-refractivity contribution >= 4 is 22.2 Å². The van der Waals surface area contributed by atoms with Crippen molar-refractivity contribution in [2.75, 3.05) is 5.32 Å². The van der Waals surface area contributed by atoms with Crippen LogP contribution >= 0.6 is 11.3 Å². The number of hydrogen-bond donors (Lipinski definition) is 1. The van der Waals surface area contributed by atoms with E-state index in [9.17, 15) is 14.4 Å². The van der Waals surface area contributed by atoms with Crippen LogP contribution in [0.5, 0.6) is 0 Å². The molecule has 144 valence electrons. The molecule has 29 heavy (non-hydrogen) atoms. The van der Waals surface area contributed by atoms with E-state index in [1.165, 1.54) is 29.7 Å².